The van der Waals surface area contributed by atoms with Crippen LogP contribution >= 0.6 is 11.8 Å². The Labute approximate surface area is 106 Å². The molecule has 1 N–H and O–H groups in total. The predicted octanol–water partition coefficient (Wildman–Crippen LogP) is 1.87. The molecule has 0 radical (unpaired) electrons. The van der Waals surface area contributed by atoms with Gasteiger partial charge >= 0.3 is 0 Å². The fraction of sp³-hybridized carbons (Fsp3) is 0.727. The first-order valence-electron chi connectivity index (χ1n) is 5.86. The second-order valence-electron chi connectivity index (χ2n) is 4.28. The first kappa shape index (κ1) is 14.0. The van der Waals surface area contributed by atoms with Gasteiger partial charge in [-0.05, 0) is 27.2 Å². The summed E-state index contributed by atoms with van der Waals surface area (Å²) >= 11 is 1.42. The standard InChI is InChI=1S/C11H20N4OS/c1-5-9(4)13-10(16)6-17-11-14-12-7-15(11)8(2)3/h7-9H,5-6H2,1-4H3,(H,13,16)/t9-/m0/s1. The highest BCUT2D eigenvalue weighted by atomic mass is 32.2. The van der Waals surface area contributed by atoms with Crippen molar-refractivity contribution >= 4 is 17.7 Å². The van der Waals surface area contributed by atoms with Crippen molar-refractivity contribution in [2.45, 2.75) is 51.4 Å². The summed E-state index contributed by atoms with van der Waals surface area (Å²) in [6.45, 7) is 8.17. The SMILES string of the molecule is CC[C@H](C)NC(=O)CSc1nncn1C(C)C. The molecule has 1 aromatic rings. The predicted molar refractivity (Wildman–Crippen MR) is 69.0 cm³/mol. The minimum atomic E-state index is 0.0441. The van der Waals surface area contributed by atoms with Gasteiger partial charge in [0.2, 0.25) is 5.91 Å². The second kappa shape index (κ2) is 6.64. The monoisotopic (exact) mass is 256 g/mol. The Morgan fingerprint density at radius 3 is 2.82 bits per heavy atom. The Kier molecular flexibility index (Phi) is 5.47. The lowest BCUT2D eigenvalue weighted by Gasteiger charge is -2.12. The van der Waals surface area contributed by atoms with Crippen molar-refractivity contribution in [3.63, 3.8) is 0 Å². The highest BCUT2D eigenvalue weighted by molar-refractivity contribution is 7.99. The van der Waals surface area contributed by atoms with Crippen molar-refractivity contribution in [3.8, 4) is 0 Å². The van der Waals surface area contributed by atoms with Gasteiger partial charge in [-0.1, -0.05) is 18.7 Å². The maximum Gasteiger partial charge on any atom is 0.230 e. The Morgan fingerprint density at radius 2 is 2.24 bits per heavy atom. The number of carbonyl (C=O) groups is 1. The average molecular weight is 256 g/mol. The number of hydrogen-bond acceptors (Lipinski definition) is 4. The largest absolute Gasteiger partial charge is 0.353 e. The van der Waals surface area contributed by atoms with E-state index in [1.54, 1.807) is 6.33 Å². The summed E-state index contributed by atoms with van der Waals surface area (Å²) in [6, 6.07) is 0.538. The number of nitrogens with zero attached hydrogens (tertiary/aromatic N) is 3. The van der Waals surface area contributed by atoms with Crippen LogP contribution < -0.4 is 5.32 Å². The molecule has 1 aromatic heterocycles. The van der Waals surface area contributed by atoms with Crippen LogP contribution in [0.3, 0.4) is 0 Å². The fourth-order valence-electron chi connectivity index (χ4n) is 1.24. The molecule has 0 saturated carbocycles. The van der Waals surface area contributed by atoms with Gasteiger partial charge in [-0.3, -0.25) is 4.79 Å². The molecule has 0 bridgehead atoms. The second-order valence-corrected chi connectivity index (χ2v) is 5.22. The van der Waals surface area contributed by atoms with Crippen LogP contribution in [0.15, 0.2) is 11.5 Å². The zero-order valence-corrected chi connectivity index (χ0v) is 11.6. The van der Waals surface area contributed by atoms with Gasteiger partial charge in [-0.2, -0.15) is 0 Å². The van der Waals surface area contributed by atoms with Gasteiger partial charge in [0.05, 0.1) is 5.75 Å². The molecular formula is C11H20N4OS. The molecule has 1 rings (SSSR count). The molecule has 6 heteroatoms. The van der Waals surface area contributed by atoms with Gasteiger partial charge in [-0.25, -0.2) is 0 Å². The Morgan fingerprint density at radius 1 is 1.53 bits per heavy atom. The normalized spacial score (nSPS) is 12.8. The summed E-state index contributed by atoms with van der Waals surface area (Å²) < 4.78 is 1.96. The summed E-state index contributed by atoms with van der Waals surface area (Å²) in [7, 11) is 0. The molecule has 0 unspecified atom stereocenters. The van der Waals surface area contributed by atoms with E-state index in [1.807, 2.05) is 18.4 Å². The van der Waals surface area contributed by atoms with Crippen LogP contribution in [0.25, 0.3) is 0 Å². The van der Waals surface area contributed by atoms with E-state index in [0.717, 1.165) is 11.6 Å². The number of amides is 1. The lowest BCUT2D eigenvalue weighted by Crippen LogP contribution is -2.33. The van der Waals surface area contributed by atoms with Gasteiger partial charge in [0.1, 0.15) is 6.33 Å². The van der Waals surface area contributed by atoms with Crippen molar-refractivity contribution in [2.75, 3.05) is 5.75 Å². The molecule has 0 spiro atoms. The lowest BCUT2D eigenvalue weighted by atomic mass is 10.3. The van der Waals surface area contributed by atoms with Crippen molar-refractivity contribution in [1.82, 2.24) is 20.1 Å². The third-order valence-electron chi connectivity index (χ3n) is 2.45. The van der Waals surface area contributed by atoms with Crippen molar-refractivity contribution in [2.24, 2.45) is 0 Å². The Balaban J connectivity index is 2.45. The van der Waals surface area contributed by atoms with Crippen LogP contribution in [0.5, 0.6) is 0 Å². The molecule has 1 heterocycles. The van der Waals surface area contributed by atoms with Gasteiger partial charge in [0.25, 0.3) is 0 Å². The van der Waals surface area contributed by atoms with Crippen LogP contribution in [0.2, 0.25) is 0 Å². The topological polar surface area (TPSA) is 59.8 Å². The van der Waals surface area contributed by atoms with E-state index < -0.39 is 0 Å². The molecular weight excluding hydrogens is 236 g/mol. The first-order chi connectivity index (χ1) is 8.04. The number of rotatable bonds is 6. The minimum Gasteiger partial charge on any atom is -0.353 e. The maximum absolute atomic E-state index is 11.6. The molecule has 5 nitrogen and oxygen atoms in total. The van der Waals surface area contributed by atoms with Crippen LogP contribution in [-0.2, 0) is 4.79 Å². The van der Waals surface area contributed by atoms with E-state index in [-0.39, 0.29) is 11.9 Å². The summed E-state index contributed by atoms with van der Waals surface area (Å²) in [5.74, 6) is 0.429. The summed E-state index contributed by atoms with van der Waals surface area (Å²) in [5.41, 5.74) is 0. The van der Waals surface area contributed by atoms with Gasteiger partial charge in [0, 0.05) is 12.1 Å². The third kappa shape index (κ3) is 4.38. The van der Waals surface area contributed by atoms with Crippen LogP contribution in [0.4, 0.5) is 0 Å². The minimum absolute atomic E-state index is 0.0441. The van der Waals surface area contributed by atoms with Gasteiger partial charge in [0.15, 0.2) is 5.16 Å². The highest BCUT2D eigenvalue weighted by Crippen LogP contribution is 2.18. The fourth-order valence-corrected chi connectivity index (χ4v) is 2.09. The van der Waals surface area contributed by atoms with Gasteiger partial charge < -0.3 is 9.88 Å². The Hall–Kier alpha value is -1.04. The van der Waals surface area contributed by atoms with E-state index in [4.69, 9.17) is 0 Å². The number of hydrogen-bond donors (Lipinski definition) is 1. The molecule has 1 atom stereocenters. The van der Waals surface area contributed by atoms with Crippen molar-refractivity contribution in [3.05, 3.63) is 6.33 Å². The molecule has 0 fully saturated rings. The van der Waals surface area contributed by atoms with Gasteiger partial charge in [-0.15, -0.1) is 10.2 Å². The molecule has 0 aliphatic carbocycles. The smallest absolute Gasteiger partial charge is 0.230 e. The maximum atomic E-state index is 11.6. The van der Waals surface area contributed by atoms with E-state index in [9.17, 15) is 4.79 Å². The van der Waals surface area contributed by atoms with Crippen molar-refractivity contribution in [1.29, 1.82) is 0 Å². The quantitative estimate of drug-likeness (QED) is 0.789. The lowest BCUT2D eigenvalue weighted by molar-refractivity contribution is -0.119. The van der Waals surface area contributed by atoms with E-state index >= 15 is 0 Å². The van der Waals surface area contributed by atoms with E-state index in [2.05, 4.69) is 29.4 Å². The molecule has 0 aliphatic rings. The summed E-state index contributed by atoms with van der Waals surface area (Å²) in [5, 5.41) is 11.6. The van der Waals surface area contributed by atoms with Crippen molar-refractivity contribution < 1.29 is 4.79 Å². The molecule has 0 saturated heterocycles. The van der Waals surface area contributed by atoms with Crippen LogP contribution in [0.1, 0.15) is 40.2 Å². The number of thioether (sulfide) groups is 1. The summed E-state index contributed by atoms with van der Waals surface area (Å²) in [6.07, 6.45) is 2.64. The number of nitrogens with one attached hydrogen (secondary N) is 1. The summed E-state index contributed by atoms with van der Waals surface area (Å²) in [4.78, 5) is 11.6. The molecule has 17 heavy (non-hydrogen) atoms. The van der Waals surface area contributed by atoms with Crippen LogP contribution in [-0.4, -0.2) is 32.5 Å². The van der Waals surface area contributed by atoms with E-state index in [0.29, 0.717) is 11.8 Å². The zero-order valence-electron chi connectivity index (χ0n) is 10.8. The number of carbonyl (C=O) groups excluding carboxylic acids is 1. The van der Waals surface area contributed by atoms with E-state index in [1.165, 1.54) is 11.8 Å². The average Bonchev–Trinajstić information content (AvgIpc) is 2.74. The highest BCUT2D eigenvalue weighted by Gasteiger charge is 2.11. The zero-order chi connectivity index (χ0) is 12.8. The molecule has 96 valence electrons. The van der Waals surface area contributed by atoms with Crippen LogP contribution in [0, 0.1) is 0 Å². The number of aromatic nitrogens is 3. The first-order valence-corrected chi connectivity index (χ1v) is 6.84. The third-order valence-corrected chi connectivity index (χ3v) is 3.41. The molecule has 1 amide bonds. The molecule has 0 aromatic carbocycles. The Bertz CT molecular complexity index is 364. The molecule has 0 aliphatic heterocycles.